The number of carbonyl (C=O) groups is 1. The molecular weight excluding hydrogens is 344 g/mol. The van der Waals surface area contributed by atoms with Crippen molar-refractivity contribution in [2.45, 2.75) is 18.6 Å². The van der Waals surface area contributed by atoms with Gasteiger partial charge in [0.2, 0.25) is 5.91 Å². The Morgan fingerprint density at radius 3 is 2.58 bits per heavy atom. The number of rotatable bonds is 5. The molecule has 3 rings (SSSR count). The third-order valence-electron chi connectivity index (χ3n) is 4.21. The summed E-state index contributed by atoms with van der Waals surface area (Å²) in [6.45, 7) is 2.06. The minimum Gasteiger partial charge on any atom is -0.378 e. The molecule has 1 N–H and O–H groups in total. The van der Waals surface area contributed by atoms with E-state index >= 15 is 0 Å². The number of hydrogen-bond donors (Lipinski definition) is 1. The molecule has 1 aliphatic heterocycles. The molecule has 0 bridgehead atoms. The van der Waals surface area contributed by atoms with E-state index in [1.807, 2.05) is 55.4 Å². The molecule has 1 amide bonds. The fourth-order valence-electron chi connectivity index (χ4n) is 2.63. The summed E-state index contributed by atoms with van der Waals surface area (Å²) >= 11 is 1.43. The summed E-state index contributed by atoms with van der Waals surface area (Å²) in [6.07, 6.45) is 2.38. The van der Waals surface area contributed by atoms with Crippen molar-refractivity contribution in [2.75, 3.05) is 19.0 Å². The van der Waals surface area contributed by atoms with Gasteiger partial charge in [-0.3, -0.25) is 4.79 Å². The monoisotopic (exact) mass is 366 g/mol. The van der Waals surface area contributed by atoms with E-state index in [2.05, 4.69) is 34.6 Å². The third-order valence-corrected chi connectivity index (χ3v) is 5.28. The maximum absolute atomic E-state index is 12.2. The van der Waals surface area contributed by atoms with Crippen LogP contribution in [-0.4, -0.2) is 36.6 Å². The Bertz CT molecular complexity index is 843. The van der Waals surface area contributed by atoms with E-state index < -0.39 is 0 Å². The zero-order valence-electron chi connectivity index (χ0n) is 15.1. The number of amidine groups is 1. The zero-order valence-corrected chi connectivity index (χ0v) is 16.0. The molecule has 0 spiro atoms. The summed E-state index contributed by atoms with van der Waals surface area (Å²) in [4.78, 5) is 14.2. The van der Waals surface area contributed by atoms with Gasteiger partial charge in [0, 0.05) is 19.8 Å². The quantitative estimate of drug-likeness (QED) is 0.653. The Kier molecular flexibility index (Phi) is 5.73. The minimum absolute atomic E-state index is 0.0115. The zero-order chi connectivity index (χ0) is 18.5. The molecule has 1 atom stereocenters. The Labute approximate surface area is 158 Å². The first-order valence-electron chi connectivity index (χ1n) is 8.43. The molecule has 26 heavy (non-hydrogen) atoms. The Balaban J connectivity index is 1.61. The number of benzene rings is 2. The fourth-order valence-corrected chi connectivity index (χ4v) is 3.58. The first kappa shape index (κ1) is 18.2. The van der Waals surface area contributed by atoms with Crippen LogP contribution in [0.25, 0.3) is 0 Å². The van der Waals surface area contributed by atoms with Crippen molar-refractivity contribution in [3.63, 3.8) is 0 Å². The van der Waals surface area contributed by atoms with Crippen LogP contribution in [0.15, 0.2) is 58.7 Å². The molecule has 2 aromatic carbocycles. The van der Waals surface area contributed by atoms with Crippen LogP contribution in [0.1, 0.15) is 16.7 Å². The van der Waals surface area contributed by atoms with Crippen molar-refractivity contribution in [3.05, 3.63) is 65.2 Å². The molecule has 0 aromatic heterocycles. The van der Waals surface area contributed by atoms with Gasteiger partial charge in [-0.15, -0.1) is 5.10 Å². The average molecular weight is 366 g/mol. The van der Waals surface area contributed by atoms with Gasteiger partial charge in [0.05, 0.1) is 11.5 Å². The summed E-state index contributed by atoms with van der Waals surface area (Å²) in [7, 11) is 4.00. The van der Waals surface area contributed by atoms with Gasteiger partial charge in [-0.2, -0.15) is 5.10 Å². The largest absolute Gasteiger partial charge is 0.378 e. The summed E-state index contributed by atoms with van der Waals surface area (Å²) in [6, 6.07) is 16.2. The first-order chi connectivity index (χ1) is 12.5. The van der Waals surface area contributed by atoms with Crippen LogP contribution in [0.3, 0.4) is 0 Å². The lowest BCUT2D eigenvalue weighted by Gasteiger charge is -2.11. The Hall–Kier alpha value is -2.60. The molecule has 0 saturated carbocycles. The van der Waals surface area contributed by atoms with Crippen LogP contribution in [0.5, 0.6) is 0 Å². The summed E-state index contributed by atoms with van der Waals surface area (Å²) in [5.74, 6) is -0.0115. The van der Waals surface area contributed by atoms with E-state index in [1.165, 1.54) is 22.9 Å². The summed E-state index contributed by atoms with van der Waals surface area (Å²) in [5, 5.41) is 11.4. The van der Waals surface area contributed by atoms with Gasteiger partial charge < -0.3 is 10.2 Å². The van der Waals surface area contributed by atoms with Crippen LogP contribution < -0.4 is 10.2 Å². The van der Waals surface area contributed by atoms with E-state index in [1.54, 1.807) is 6.21 Å². The topological polar surface area (TPSA) is 57.1 Å². The molecule has 1 heterocycles. The minimum atomic E-state index is -0.163. The molecule has 1 fully saturated rings. The molecule has 1 aliphatic rings. The number of hydrogen-bond acceptors (Lipinski definition) is 5. The molecule has 134 valence electrons. The van der Waals surface area contributed by atoms with E-state index in [0.29, 0.717) is 11.6 Å². The van der Waals surface area contributed by atoms with Gasteiger partial charge in [0.1, 0.15) is 0 Å². The second-order valence-electron chi connectivity index (χ2n) is 6.36. The van der Waals surface area contributed by atoms with Crippen LogP contribution in [0, 0.1) is 6.92 Å². The maximum atomic E-state index is 12.2. The van der Waals surface area contributed by atoms with Crippen LogP contribution in [-0.2, 0) is 11.2 Å². The van der Waals surface area contributed by atoms with Crippen molar-refractivity contribution in [3.8, 4) is 0 Å². The number of nitrogens with one attached hydrogen (secondary N) is 1. The summed E-state index contributed by atoms with van der Waals surface area (Å²) < 4.78 is 0. The second kappa shape index (κ2) is 8.19. The van der Waals surface area contributed by atoms with Gasteiger partial charge >= 0.3 is 0 Å². The number of anilines is 1. The van der Waals surface area contributed by atoms with E-state index in [0.717, 1.165) is 11.3 Å². The molecule has 2 aromatic rings. The number of carbonyl (C=O) groups excluding carboxylic acids is 1. The standard InChI is InChI=1S/C20H22N4OS/c1-14-6-4-5-7-16(14)12-18-19(25)22-20(26-18)23-21-13-15-8-10-17(11-9-15)24(2)3/h4-11,13,18H,12H2,1-3H3,(H,22,23,25)/b21-13-. The number of nitrogens with zero attached hydrogens (tertiary/aromatic N) is 3. The van der Waals surface area contributed by atoms with Crippen molar-refractivity contribution >= 4 is 34.7 Å². The van der Waals surface area contributed by atoms with Gasteiger partial charge in [-0.05, 0) is 42.2 Å². The van der Waals surface area contributed by atoms with E-state index in [-0.39, 0.29) is 11.2 Å². The fraction of sp³-hybridized carbons (Fsp3) is 0.250. The molecular formula is C20H22N4OS. The van der Waals surface area contributed by atoms with Gasteiger partial charge in [0.15, 0.2) is 5.17 Å². The normalized spacial score (nSPS) is 18.5. The van der Waals surface area contributed by atoms with E-state index in [4.69, 9.17) is 0 Å². The highest BCUT2D eigenvalue weighted by molar-refractivity contribution is 8.15. The predicted octanol–water partition coefficient (Wildman–Crippen LogP) is 3.23. The summed E-state index contributed by atoms with van der Waals surface area (Å²) in [5.41, 5.74) is 4.48. The highest BCUT2D eigenvalue weighted by Crippen LogP contribution is 2.24. The highest BCUT2D eigenvalue weighted by Gasteiger charge is 2.30. The van der Waals surface area contributed by atoms with Crippen molar-refractivity contribution < 1.29 is 4.79 Å². The van der Waals surface area contributed by atoms with Gasteiger partial charge in [-0.25, -0.2) is 0 Å². The second-order valence-corrected chi connectivity index (χ2v) is 7.55. The number of aryl methyl sites for hydroxylation is 1. The number of thioether (sulfide) groups is 1. The van der Waals surface area contributed by atoms with Crippen LogP contribution >= 0.6 is 11.8 Å². The van der Waals surface area contributed by atoms with Crippen LogP contribution in [0.2, 0.25) is 0 Å². The Morgan fingerprint density at radius 1 is 1.15 bits per heavy atom. The third kappa shape index (κ3) is 4.52. The Morgan fingerprint density at radius 2 is 1.88 bits per heavy atom. The lowest BCUT2D eigenvalue weighted by molar-refractivity contribution is -0.118. The van der Waals surface area contributed by atoms with Gasteiger partial charge in [-0.1, -0.05) is 48.2 Å². The average Bonchev–Trinajstić information content (AvgIpc) is 2.97. The van der Waals surface area contributed by atoms with Crippen LogP contribution in [0.4, 0.5) is 5.69 Å². The van der Waals surface area contributed by atoms with Gasteiger partial charge in [0.25, 0.3) is 0 Å². The molecule has 5 nitrogen and oxygen atoms in total. The first-order valence-corrected chi connectivity index (χ1v) is 9.31. The molecule has 0 radical (unpaired) electrons. The lowest BCUT2D eigenvalue weighted by Crippen LogP contribution is -2.26. The maximum Gasteiger partial charge on any atom is 0.239 e. The smallest absolute Gasteiger partial charge is 0.239 e. The molecule has 6 heteroatoms. The molecule has 1 saturated heterocycles. The SMILES string of the molecule is Cc1ccccc1CC1S/C(=N/N=C\c2ccc(N(C)C)cc2)NC1=O. The van der Waals surface area contributed by atoms with Crippen molar-refractivity contribution in [2.24, 2.45) is 10.2 Å². The molecule has 0 aliphatic carbocycles. The highest BCUT2D eigenvalue weighted by atomic mass is 32.2. The lowest BCUT2D eigenvalue weighted by atomic mass is 10.0. The van der Waals surface area contributed by atoms with E-state index in [9.17, 15) is 4.79 Å². The molecule has 1 unspecified atom stereocenters. The number of amides is 1. The van der Waals surface area contributed by atoms with Crippen molar-refractivity contribution in [1.82, 2.24) is 5.32 Å². The predicted molar refractivity (Wildman–Crippen MR) is 110 cm³/mol. The van der Waals surface area contributed by atoms with Crippen molar-refractivity contribution in [1.29, 1.82) is 0 Å².